The normalized spacial score (nSPS) is 17.3. The summed E-state index contributed by atoms with van der Waals surface area (Å²) in [5.74, 6) is 0.932. The molecule has 0 unspecified atom stereocenters. The number of nitrogens with two attached hydrogens (primary N) is 1. The van der Waals surface area contributed by atoms with Crippen molar-refractivity contribution in [3.63, 3.8) is 0 Å². The van der Waals surface area contributed by atoms with Crippen LogP contribution in [0.4, 0.5) is 5.13 Å². The summed E-state index contributed by atoms with van der Waals surface area (Å²) < 4.78 is 5.84. The highest BCUT2D eigenvalue weighted by atomic mass is 35.5. The smallest absolute Gasteiger partial charge is 0.261 e. The van der Waals surface area contributed by atoms with E-state index in [2.05, 4.69) is 4.90 Å². The monoisotopic (exact) mass is 482 g/mol. The lowest BCUT2D eigenvalue weighted by atomic mass is 9.73. The molecule has 0 saturated carbocycles. The maximum Gasteiger partial charge on any atom is 0.261 e. The van der Waals surface area contributed by atoms with Crippen LogP contribution in [0.2, 0.25) is 0 Å². The number of likely N-dealkylation sites (tertiary alicyclic amines) is 1. The summed E-state index contributed by atoms with van der Waals surface area (Å²) in [5, 5.41) is 0.271. The molecule has 2 fully saturated rings. The van der Waals surface area contributed by atoms with Crippen LogP contribution in [0, 0.1) is 5.41 Å². The Kier molecular flexibility index (Phi) is 5.50. The SMILES string of the molecule is C[C@@H](Cl)C(=O)N1CC2(C1)CN(c1nc(-c3ccc(Oc4ccccc4)cc3)c(C(N)=O)s1)C2. The van der Waals surface area contributed by atoms with Crippen LogP contribution in [-0.4, -0.2) is 53.3 Å². The van der Waals surface area contributed by atoms with Crippen LogP contribution < -0.4 is 15.4 Å². The van der Waals surface area contributed by atoms with Gasteiger partial charge in [0.2, 0.25) is 5.91 Å². The molecule has 2 aromatic carbocycles. The number of halogens is 1. The van der Waals surface area contributed by atoms with Crippen LogP contribution in [-0.2, 0) is 4.79 Å². The molecule has 2 aliphatic rings. The number of para-hydroxylation sites is 1. The van der Waals surface area contributed by atoms with Gasteiger partial charge in [-0.25, -0.2) is 4.98 Å². The first-order valence-corrected chi connectivity index (χ1v) is 11.9. The van der Waals surface area contributed by atoms with Crippen LogP contribution >= 0.6 is 22.9 Å². The number of hydrogen-bond acceptors (Lipinski definition) is 6. The highest BCUT2D eigenvalue weighted by Gasteiger charge is 2.54. The third kappa shape index (κ3) is 4.16. The number of amides is 2. The molecule has 0 aliphatic carbocycles. The van der Waals surface area contributed by atoms with E-state index >= 15 is 0 Å². The minimum absolute atomic E-state index is 0.0204. The fraction of sp³-hybridized carbons (Fsp3) is 0.292. The largest absolute Gasteiger partial charge is 0.457 e. The summed E-state index contributed by atoms with van der Waals surface area (Å²) in [6, 6.07) is 17.0. The van der Waals surface area contributed by atoms with Crippen molar-refractivity contribution in [2.24, 2.45) is 11.1 Å². The topological polar surface area (TPSA) is 88.8 Å². The van der Waals surface area contributed by atoms with Crippen molar-refractivity contribution in [1.29, 1.82) is 0 Å². The first kappa shape index (κ1) is 21.7. The van der Waals surface area contributed by atoms with Crippen LogP contribution in [0.1, 0.15) is 16.6 Å². The molecule has 9 heteroatoms. The zero-order valence-corrected chi connectivity index (χ0v) is 19.6. The van der Waals surface area contributed by atoms with Gasteiger partial charge in [0.15, 0.2) is 5.13 Å². The zero-order chi connectivity index (χ0) is 23.2. The van der Waals surface area contributed by atoms with Crippen LogP contribution in [0.5, 0.6) is 11.5 Å². The number of carbonyl (C=O) groups excluding carboxylic acids is 2. The van der Waals surface area contributed by atoms with Crippen molar-refractivity contribution < 1.29 is 14.3 Å². The number of carbonyl (C=O) groups is 2. The molecule has 7 nitrogen and oxygen atoms in total. The fourth-order valence-corrected chi connectivity index (χ4v) is 5.46. The second kappa shape index (κ2) is 8.35. The van der Waals surface area contributed by atoms with Crippen LogP contribution in [0.25, 0.3) is 11.3 Å². The number of hydrogen-bond donors (Lipinski definition) is 1. The van der Waals surface area contributed by atoms with E-state index in [1.165, 1.54) is 11.3 Å². The Labute approximate surface area is 200 Å². The Bertz CT molecular complexity index is 1180. The van der Waals surface area contributed by atoms with Gasteiger partial charge in [0, 0.05) is 37.2 Å². The first-order valence-electron chi connectivity index (χ1n) is 10.7. The molecule has 2 amide bonds. The molecule has 1 aromatic heterocycles. The number of ether oxygens (including phenoxy) is 1. The average molecular weight is 483 g/mol. The summed E-state index contributed by atoms with van der Waals surface area (Å²) in [4.78, 5) is 33.3. The van der Waals surface area contributed by atoms with Crippen molar-refractivity contribution in [3.8, 4) is 22.8 Å². The van der Waals surface area contributed by atoms with Crippen LogP contribution in [0.3, 0.4) is 0 Å². The lowest BCUT2D eigenvalue weighted by Gasteiger charge is -2.60. The van der Waals surface area contributed by atoms with Crippen molar-refractivity contribution in [2.45, 2.75) is 12.3 Å². The van der Waals surface area contributed by atoms with E-state index in [-0.39, 0.29) is 11.3 Å². The quantitative estimate of drug-likeness (QED) is 0.537. The summed E-state index contributed by atoms with van der Waals surface area (Å²) in [6.45, 7) is 4.71. The molecule has 1 spiro atoms. The van der Waals surface area contributed by atoms with Crippen molar-refractivity contribution >= 4 is 39.9 Å². The van der Waals surface area contributed by atoms with Gasteiger partial charge in [0.05, 0.1) is 5.69 Å². The van der Waals surface area contributed by atoms with E-state index < -0.39 is 11.3 Å². The van der Waals surface area contributed by atoms with E-state index in [9.17, 15) is 9.59 Å². The molecule has 3 aromatic rings. The van der Waals surface area contributed by atoms with E-state index in [1.54, 1.807) is 11.8 Å². The van der Waals surface area contributed by atoms with Gasteiger partial charge < -0.3 is 20.3 Å². The summed E-state index contributed by atoms with van der Waals surface area (Å²) in [7, 11) is 0. The molecular formula is C24H23ClN4O3S. The number of anilines is 1. The standard InChI is InChI=1S/C24H23ClN4O3S/c1-15(25)22(31)28-11-24(12-28)13-29(14-24)23-27-19(20(33-23)21(26)30)16-7-9-18(10-8-16)32-17-5-3-2-4-6-17/h2-10,15H,11-14H2,1H3,(H2,26,30)/t15-/m1/s1. The number of rotatable bonds is 6. The Morgan fingerprint density at radius 1 is 1.06 bits per heavy atom. The highest BCUT2D eigenvalue weighted by molar-refractivity contribution is 7.18. The zero-order valence-electron chi connectivity index (χ0n) is 18.0. The molecule has 0 bridgehead atoms. The van der Waals surface area contributed by atoms with Gasteiger partial charge in [-0.3, -0.25) is 9.59 Å². The number of primary amides is 1. The van der Waals surface area contributed by atoms with Crippen molar-refractivity contribution in [3.05, 3.63) is 59.5 Å². The minimum Gasteiger partial charge on any atom is -0.457 e. The average Bonchev–Trinajstić information content (AvgIpc) is 3.18. The predicted octanol–water partition coefficient (Wildman–Crippen LogP) is 3.98. The van der Waals surface area contributed by atoms with Gasteiger partial charge in [-0.2, -0.15) is 0 Å². The Balaban J connectivity index is 1.29. The summed E-state index contributed by atoms with van der Waals surface area (Å²) in [5.41, 5.74) is 7.14. The molecule has 170 valence electrons. The molecule has 2 N–H and O–H groups in total. The third-order valence-electron chi connectivity index (χ3n) is 5.97. The van der Waals surface area contributed by atoms with Gasteiger partial charge in [-0.05, 0) is 43.3 Å². The van der Waals surface area contributed by atoms with E-state index in [0.717, 1.165) is 29.5 Å². The fourth-order valence-electron chi connectivity index (χ4n) is 4.38. The number of alkyl halides is 1. The second-order valence-corrected chi connectivity index (χ2v) is 10.3. The summed E-state index contributed by atoms with van der Waals surface area (Å²) >= 11 is 7.22. The molecular weight excluding hydrogens is 460 g/mol. The molecule has 2 saturated heterocycles. The van der Waals surface area contributed by atoms with Gasteiger partial charge in [-0.1, -0.05) is 29.5 Å². The highest BCUT2D eigenvalue weighted by Crippen LogP contribution is 2.44. The molecule has 33 heavy (non-hydrogen) atoms. The predicted molar refractivity (Wildman–Crippen MR) is 129 cm³/mol. The van der Waals surface area contributed by atoms with Gasteiger partial charge >= 0.3 is 0 Å². The van der Waals surface area contributed by atoms with Crippen molar-refractivity contribution in [1.82, 2.24) is 9.88 Å². The minimum atomic E-state index is -0.498. The maximum absolute atomic E-state index is 12.1. The Morgan fingerprint density at radius 2 is 1.70 bits per heavy atom. The molecule has 0 radical (unpaired) electrons. The Morgan fingerprint density at radius 3 is 2.30 bits per heavy atom. The van der Waals surface area contributed by atoms with Crippen molar-refractivity contribution in [2.75, 3.05) is 31.1 Å². The van der Waals surface area contributed by atoms with E-state index in [4.69, 9.17) is 27.1 Å². The number of benzene rings is 2. The number of thiazole rings is 1. The van der Waals surface area contributed by atoms with Gasteiger partial charge in [0.1, 0.15) is 21.8 Å². The Hall–Kier alpha value is -3.10. The molecule has 1 atom stereocenters. The number of nitrogens with zero attached hydrogens (tertiary/aromatic N) is 3. The first-order chi connectivity index (χ1) is 15.8. The second-order valence-electron chi connectivity index (χ2n) is 8.64. The van der Waals surface area contributed by atoms with Gasteiger partial charge in [-0.15, -0.1) is 11.6 Å². The van der Waals surface area contributed by atoms with E-state index in [0.29, 0.717) is 29.4 Å². The lowest BCUT2D eigenvalue weighted by molar-refractivity contribution is -0.144. The molecule has 3 heterocycles. The molecule has 2 aliphatic heterocycles. The maximum atomic E-state index is 12.1. The number of aromatic nitrogens is 1. The molecule has 5 rings (SSSR count). The summed E-state index contributed by atoms with van der Waals surface area (Å²) in [6.07, 6.45) is 0. The lowest BCUT2D eigenvalue weighted by Crippen LogP contribution is -2.73. The van der Waals surface area contributed by atoms with E-state index in [1.807, 2.05) is 54.6 Å². The van der Waals surface area contributed by atoms with Crippen LogP contribution in [0.15, 0.2) is 54.6 Å². The van der Waals surface area contributed by atoms with Gasteiger partial charge in [0.25, 0.3) is 5.91 Å². The third-order valence-corrected chi connectivity index (χ3v) is 7.29.